The molecule has 0 amide bonds. The number of phenols is 24. The molecule has 0 saturated heterocycles. The summed E-state index contributed by atoms with van der Waals surface area (Å²) in [5.41, 5.74) is 10.4. The molecule has 0 radical (unpaired) electrons. The van der Waals surface area contributed by atoms with Crippen LogP contribution in [-0.4, -0.2) is 123 Å². The van der Waals surface area contributed by atoms with Crippen molar-refractivity contribution >= 4 is 0 Å². The molecule has 604 valence electrons. The topological polar surface area (TPSA) is 486 Å². The molecule has 0 fully saturated rings. The minimum Gasteiger partial charge on any atom is -0.508 e. The molecule has 24 nitrogen and oxygen atoms in total. The molecule has 0 aliphatic rings. The van der Waals surface area contributed by atoms with Crippen LogP contribution in [0.25, 0.3) is 0 Å². The summed E-state index contributed by atoms with van der Waals surface area (Å²) in [6.45, 7) is 0. The van der Waals surface area contributed by atoms with Crippen LogP contribution in [0.1, 0.15) is 114 Å². The number of phenolic OH excluding ortho intramolecular Hbond substituents is 24. The lowest BCUT2D eigenvalue weighted by Gasteiger charge is -2.29. The predicted molar refractivity (Wildman–Crippen MR) is 431 cm³/mol. The summed E-state index contributed by atoms with van der Waals surface area (Å²) in [4.78, 5) is 0. The second kappa shape index (κ2) is 36.5. The molecule has 0 aliphatic carbocycles. The van der Waals surface area contributed by atoms with Crippen molar-refractivity contribution in [2.24, 2.45) is 11.8 Å². The monoisotopic (exact) mass is 1580 g/mol. The fourth-order valence-corrected chi connectivity index (χ4v) is 15.2. The second-order valence-electron chi connectivity index (χ2n) is 29.7. The Kier molecular flexibility index (Phi) is 26.1. The van der Waals surface area contributed by atoms with Gasteiger partial charge in [0.25, 0.3) is 0 Å². The van der Waals surface area contributed by atoms with E-state index in [1.807, 2.05) is 24.3 Å². The number of hydrogen-bond acceptors (Lipinski definition) is 24. The molecule has 0 heterocycles. The quantitative estimate of drug-likeness (QED) is 0.0186. The van der Waals surface area contributed by atoms with Crippen molar-refractivity contribution < 1.29 is 123 Å². The third-order valence-corrected chi connectivity index (χ3v) is 21.1. The molecule has 24 N–H and O–H groups in total. The molecule has 12 rings (SSSR count). The number of benzene rings is 12. The Labute approximate surface area is 666 Å². The first-order chi connectivity index (χ1) is 55.2. The van der Waals surface area contributed by atoms with E-state index in [0.717, 1.165) is 22.3 Å². The number of rotatable bonds is 30. The van der Waals surface area contributed by atoms with E-state index in [2.05, 4.69) is 0 Å². The van der Waals surface area contributed by atoms with E-state index in [1.165, 1.54) is 72.8 Å². The molecule has 24 heteroatoms. The maximum atomic E-state index is 11.2. The maximum absolute atomic E-state index is 11.2. The van der Waals surface area contributed by atoms with Gasteiger partial charge >= 0.3 is 0 Å². The summed E-state index contributed by atoms with van der Waals surface area (Å²) in [6, 6.07) is 49.6. The van der Waals surface area contributed by atoms with Gasteiger partial charge in [0.15, 0.2) is 69.0 Å². The lowest BCUT2D eigenvalue weighted by atomic mass is 9.75. The standard InChI is InChI=1S/2C46H46O12/c2*47-34-12-26(13-35(48)23-34)5-10-32(11-25-1-6-30(39(51)15-25)8-3-28-17-41(53)45(57)42(54)18-28)38(33-21-36(49)24-37(50)22-33)14-27-2-7-31(40(52)16-27)9-4-29-19-43(55)46(58)44(56)20-29/h2*1-2,6-7,12-13,15-24,32,38,47-58H,3-5,8-11,14H2/t2*32-,38-/m10/s1. The fraction of sp³-hybridized carbons (Fsp3) is 0.217. The molecule has 0 saturated carbocycles. The minimum absolute atomic E-state index is 0.0206. The van der Waals surface area contributed by atoms with E-state index in [4.69, 9.17) is 0 Å². The van der Waals surface area contributed by atoms with Crippen LogP contribution < -0.4 is 0 Å². The molecule has 0 spiro atoms. The lowest BCUT2D eigenvalue weighted by molar-refractivity contribution is 0.367. The van der Waals surface area contributed by atoms with Gasteiger partial charge in [0.2, 0.25) is 0 Å². The third kappa shape index (κ3) is 21.7. The Morgan fingerprint density at radius 1 is 0.164 bits per heavy atom. The van der Waals surface area contributed by atoms with Crippen molar-refractivity contribution in [3.8, 4) is 138 Å². The summed E-state index contributed by atoms with van der Waals surface area (Å²) < 4.78 is 0. The number of hydrogen-bond donors (Lipinski definition) is 24. The molecule has 12 aromatic carbocycles. The van der Waals surface area contributed by atoms with Crippen LogP contribution in [0.3, 0.4) is 0 Å². The van der Waals surface area contributed by atoms with Crippen molar-refractivity contribution in [1.29, 1.82) is 0 Å². The Bertz CT molecular complexity index is 5010. The van der Waals surface area contributed by atoms with Gasteiger partial charge < -0.3 is 123 Å². The first-order valence-electron chi connectivity index (χ1n) is 37.5. The SMILES string of the molecule is Oc1cc(O)cc(CC[C@@H](Cc2ccc(CCc3cc(O)c(O)c(O)c3)c(O)c2)[C@H](Cc2ccc(CCc3cc(O)c(O)c(O)c3)c(O)c2)c2cc(O)cc(O)c2)c1.Oc1cc(O)cc(CC[C@H](Cc2ccc(CCc3cc(O)c(O)c(O)c3)c(O)c2)[C@@H](Cc2ccc(CCc3cc(O)c(O)c(O)c3)c(O)c2)c2cc(O)cc(O)c2)c1. The summed E-state index contributed by atoms with van der Waals surface area (Å²) in [5, 5.41) is 246. The van der Waals surface area contributed by atoms with Crippen LogP contribution in [0.15, 0.2) is 194 Å². The Morgan fingerprint density at radius 2 is 0.353 bits per heavy atom. The summed E-state index contributed by atoms with van der Waals surface area (Å²) in [5.74, 6) is -8.06. The van der Waals surface area contributed by atoms with Gasteiger partial charge in [-0.2, -0.15) is 0 Å². The van der Waals surface area contributed by atoms with Gasteiger partial charge in [0, 0.05) is 24.3 Å². The van der Waals surface area contributed by atoms with Crippen LogP contribution in [0.2, 0.25) is 0 Å². The molecular formula is C92H92O24. The van der Waals surface area contributed by atoms with E-state index < -0.39 is 69.0 Å². The van der Waals surface area contributed by atoms with Crippen molar-refractivity contribution in [2.75, 3.05) is 0 Å². The van der Waals surface area contributed by atoms with Crippen LogP contribution in [-0.2, 0) is 89.9 Å². The zero-order valence-corrected chi connectivity index (χ0v) is 62.8. The Morgan fingerprint density at radius 3 is 0.569 bits per heavy atom. The smallest absolute Gasteiger partial charge is 0.200 e. The fourth-order valence-electron chi connectivity index (χ4n) is 15.2. The molecular weight excluding hydrogens is 1490 g/mol. The van der Waals surface area contributed by atoms with Gasteiger partial charge in [0.05, 0.1) is 0 Å². The second-order valence-corrected chi connectivity index (χ2v) is 29.7. The van der Waals surface area contributed by atoms with E-state index in [0.29, 0.717) is 169 Å². The normalized spacial score (nSPS) is 12.3. The Balaban J connectivity index is 0.000000228. The summed E-state index contributed by atoms with van der Waals surface area (Å²) >= 11 is 0. The Hall–Kier alpha value is -14.2. The van der Waals surface area contributed by atoms with Crippen LogP contribution >= 0.6 is 0 Å². The van der Waals surface area contributed by atoms with Crippen molar-refractivity contribution in [1.82, 2.24) is 0 Å². The first-order valence-corrected chi connectivity index (χ1v) is 37.5. The van der Waals surface area contributed by atoms with Gasteiger partial charge in [-0.3, -0.25) is 0 Å². The average Bonchev–Trinajstić information content (AvgIpc) is 0.810. The lowest BCUT2D eigenvalue weighted by Crippen LogP contribution is -2.19. The predicted octanol–water partition coefficient (Wildman–Crippen LogP) is 15.1. The van der Waals surface area contributed by atoms with Crippen LogP contribution in [0, 0.1) is 11.8 Å². The van der Waals surface area contributed by atoms with Crippen molar-refractivity contribution in [2.45, 2.75) is 115 Å². The number of aromatic hydroxyl groups is 24. The largest absolute Gasteiger partial charge is 0.508 e. The molecule has 12 aromatic rings. The highest BCUT2D eigenvalue weighted by Crippen LogP contribution is 2.45. The van der Waals surface area contributed by atoms with E-state index >= 15 is 0 Å². The summed E-state index contributed by atoms with van der Waals surface area (Å²) in [7, 11) is 0. The van der Waals surface area contributed by atoms with Crippen LogP contribution in [0.5, 0.6) is 138 Å². The van der Waals surface area contributed by atoms with Crippen molar-refractivity contribution in [3.63, 3.8) is 0 Å². The van der Waals surface area contributed by atoms with Gasteiger partial charge in [-0.15, -0.1) is 0 Å². The van der Waals surface area contributed by atoms with E-state index in [1.54, 1.807) is 97.1 Å². The highest BCUT2D eigenvalue weighted by atomic mass is 16.4. The third-order valence-electron chi connectivity index (χ3n) is 21.1. The van der Waals surface area contributed by atoms with Crippen molar-refractivity contribution in [3.05, 3.63) is 283 Å². The molecule has 0 aliphatic heterocycles. The molecule has 0 unspecified atom stereocenters. The highest BCUT2D eigenvalue weighted by molar-refractivity contribution is 5.56. The molecule has 0 aromatic heterocycles. The van der Waals surface area contributed by atoms with E-state index in [-0.39, 0.29) is 92.7 Å². The highest BCUT2D eigenvalue weighted by Gasteiger charge is 2.30. The average molecular weight is 1580 g/mol. The summed E-state index contributed by atoms with van der Waals surface area (Å²) in [6.07, 6.45) is 6.23. The van der Waals surface area contributed by atoms with Gasteiger partial charge in [-0.1, -0.05) is 48.5 Å². The first kappa shape index (κ1) is 82.8. The zero-order valence-electron chi connectivity index (χ0n) is 62.8. The van der Waals surface area contributed by atoms with E-state index in [9.17, 15) is 123 Å². The molecule has 0 bridgehead atoms. The number of aryl methyl sites for hydroxylation is 10. The minimum atomic E-state index is -0.607. The van der Waals surface area contributed by atoms with Gasteiger partial charge in [0.1, 0.15) is 69.0 Å². The van der Waals surface area contributed by atoms with Gasteiger partial charge in [-0.05, 0) is 337 Å². The molecule has 4 atom stereocenters. The van der Waals surface area contributed by atoms with Crippen LogP contribution in [0.4, 0.5) is 0 Å². The maximum Gasteiger partial charge on any atom is 0.200 e. The zero-order chi connectivity index (χ0) is 83.3. The molecule has 116 heavy (non-hydrogen) atoms. The van der Waals surface area contributed by atoms with Gasteiger partial charge in [-0.25, -0.2) is 0 Å².